The molecule has 0 fully saturated rings. The van der Waals surface area contributed by atoms with Crippen molar-refractivity contribution >= 4 is 68.2 Å². The molecule has 0 unspecified atom stereocenters. The van der Waals surface area contributed by atoms with Gasteiger partial charge < -0.3 is 0 Å². The van der Waals surface area contributed by atoms with Crippen molar-refractivity contribution in [2.45, 2.75) is 0 Å². The molecule has 0 atom stereocenters. The molecule has 0 radical (unpaired) electrons. The second-order valence-electron chi connectivity index (χ2n) is 2.01. The fourth-order valence-electron chi connectivity index (χ4n) is 0.711. The van der Waals surface area contributed by atoms with Crippen LogP contribution >= 0.6 is 0 Å². The van der Waals surface area contributed by atoms with Crippen LogP contribution in [0.5, 0.6) is 0 Å². The summed E-state index contributed by atoms with van der Waals surface area (Å²) in [5, 5.41) is 1.16. The third-order valence-electron chi connectivity index (χ3n) is 1.19. The van der Waals surface area contributed by atoms with E-state index < -0.39 is 10.7 Å². The van der Waals surface area contributed by atoms with E-state index >= 15 is 0 Å². The molecule has 0 spiro atoms. The van der Waals surface area contributed by atoms with Gasteiger partial charge >= 0.3 is 51.4 Å². The third-order valence-corrected chi connectivity index (χ3v) is 1.58. The minimum absolute atomic E-state index is 0. The molecule has 0 N–H and O–H groups in total. The van der Waals surface area contributed by atoms with Gasteiger partial charge in [-0.1, -0.05) is 30.3 Å². The van der Waals surface area contributed by atoms with Crippen LogP contribution in [0.1, 0.15) is 5.56 Å². The van der Waals surface area contributed by atoms with Crippen molar-refractivity contribution in [1.82, 2.24) is 0 Å². The Morgan fingerprint density at radius 1 is 1.08 bits per heavy atom. The van der Waals surface area contributed by atoms with Crippen LogP contribution in [0.4, 0.5) is 0 Å². The fraction of sp³-hybridized carbons (Fsp3) is 0. The van der Waals surface area contributed by atoms with Crippen LogP contribution in [0.3, 0.4) is 0 Å². The fourth-order valence-corrected chi connectivity index (χ4v) is 1.00. The quantitative estimate of drug-likeness (QED) is 0.571. The summed E-state index contributed by atoms with van der Waals surface area (Å²) in [4.78, 5) is 0. The Kier molecular flexibility index (Phi) is 7.32. The van der Waals surface area contributed by atoms with Crippen LogP contribution in [0.15, 0.2) is 35.7 Å². The van der Waals surface area contributed by atoms with E-state index in [4.69, 9.17) is 0 Å². The zero-order valence-corrected chi connectivity index (χ0v) is 6.70. The molecule has 0 saturated heterocycles. The van der Waals surface area contributed by atoms with Gasteiger partial charge in [-0.15, -0.1) is 0 Å². The van der Waals surface area contributed by atoms with Crippen LogP contribution < -0.4 is 0 Å². The zero-order chi connectivity index (χ0) is 8.10. The molecule has 0 aliphatic heterocycles. The summed E-state index contributed by atoms with van der Waals surface area (Å²) in [6.07, 6.45) is 1.56. The summed E-state index contributed by atoms with van der Waals surface area (Å²) in [6.45, 7) is 0. The van der Waals surface area contributed by atoms with Gasteiger partial charge in [-0.3, -0.25) is 0 Å². The molecule has 0 saturated carbocycles. The molecule has 0 aromatic heterocycles. The van der Waals surface area contributed by atoms with Crippen molar-refractivity contribution in [3.8, 4) is 0 Å². The Morgan fingerprint density at radius 2 is 1.67 bits per heavy atom. The van der Waals surface area contributed by atoms with Gasteiger partial charge in [-0.05, 0) is 11.6 Å². The first-order valence-corrected chi connectivity index (χ1v) is 4.40. The summed E-state index contributed by atoms with van der Waals surface area (Å²) in [6, 6.07) is 9.29. The Labute approximate surface area is 116 Å². The van der Waals surface area contributed by atoms with Crippen molar-refractivity contribution in [3.05, 3.63) is 41.3 Å². The maximum absolute atomic E-state index is 10.1. The molecule has 1 aromatic rings. The number of hydrogen-bond donors (Lipinski definition) is 1. The summed E-state index contributed by atoms with van der Waals surface area (Å²) in [5.41, 5.74) is 0.895. The monoisotopic (exact) mass is 208 g/mol. The number of hydrogen-bond acceptors (Lipinski definition) is 2. The topological polar surface area (TPSA) is 34.1 Å². The third kappa shape index (κ3) is 5.24. The van der Waals surface area contributed by atoms with Gasteiger partial charge in [0.1, 0.15) is 0 Å². The molecule has 0 bridgehead atoms. The van der Waals surface area contributed by atoms with Crippen molar-refractivity contribution < 1.29 is 8.42 Å². The van der Waals surface area contributed by atoms with E-state index in [0.29, 0.717) is 0 Å². The summed E-state index contributed by atoms with van der Waals surface area (Å²) >= 11 is 0. The van der Waals surface area contributed by atoms with E-state index in [-0.39, 0.29) is 51.4 Å². The summed E-state index contributed by atoms with van der Waals surface area (Å²) < 4.78 is 20.2. The van der Waals surface area contributed by atoms with E-state index in [2.05, 4.69) is 0 Å². The van der Waals surface area contributed by atoms with Gasteiger partial charge in [0.2, 0.25) is 0 Å². The molecule has 1 aromatic carbocycles. The van der Waals surface area contributed by atoms with E-state index in [1.165, 1.54) is 0 Å². The standard InChI is InChI=1S/C8H8O2S.K.H/c9-11(10)7-6-8-4-2-1-3-5-8;;/h1-7,11H;;. The van der Waals surface area contributed by atoms with E-state index in [9.17, 15) is 8.42 Å². The predicted octanol–water partition coefficient (Wildman–Crippen LogP) is 0.620. The first-order valence-electron chi connectivity index (χ1n) is 3.16. The van der Waals surface area contributed by atoms with Gasteiger partial charge in [0.15, 0.2) is 10.7 Å². The summed E-state index contributed by atoms with van der Waals surface area (Å²) in [7, 11) is -2.40. The number of benzene rings is 1. The van der Waals surface area contributed by atoms with Crippen molar-refractivity contribution in [2.75, 3.05) is 0 Å². The average Bonchev–Trinajstić information content (AvgIpc) is 2.03. The van der Waals surface area contributed by atoms with E-state index in [0.717, 1.165) is 11.0 Å². The van der Waals surface area contributed by atoms with Gasteiger partial charge in [0, 0.05) is 5.41 Å². The molecule has 0 heterocycles. The molecule has 0 aliphatic rings. The minimum atomic E-state index is -2.40. The van der Waals surface area contributed by atoms with Crippen LogP contribution in [0.2, 0.25) is 0 Å². The van der Waals surface area contributed by atoms with Gasteiger partial charge in [-0.25, -0.2) is 8.42 Å². The second kappa shape index (κ2) is 7.00. The Bertz CT molecular complexity index is 309. The molecular formula is C8H9KO2S. The second-order valence-corrected chi connectivity index (χ2v) is 2.88. The number of rotatable bonds is 2. The first kappa shape index (κ1) is 12.5. The SMILES string of the molecule is O=[SH](=O)C=Cc1ccccc1.[KH]. The maximum atomic E-state index is 10.1. The molecule has 2 nitrogen and oxygen atoms in total. The Balaban J connectivity index is 0.00000121. The van der Waals surface area contributed by atoms with Crippen LogP contribution in [-0.2, 0) is 10.7 Å². The van der Waals surface area contributed by atoms with Gasteiger partial charge in [0.05, 0.1) is 0 Å². The van der Waals surface area contributed by atoms with E-state index in [1.807, 2.05) is 30.3 Å². The Hall–Kier alpha value is 0.546. The Morgan fingerprint density at radius 3 is 2.17 bits per heavy atom. The van der Waals surface area contributed by atoms with Crippen LogP contribution in [0.25, 0.3) is 6.08 Å². The molecule has 4 heteroatoms. The molecule has 0 aliphatic carbocycles. The predicted molar refractivity (Wildman–Crippen MR) is 52.9 cm³/mol. The van der Waals surface area contributed by atoms with Crippen LogP contribution in [-0.4, -0.2) is 59.8 Å². The summed E-state index contributed by atoms with van der Waals surface area (Å²) in [5.74, 6) is 0. The van der Waals surface area contributed by atoms with Gasteiger partial charge in [-0.2, -0.15) is 0 Å². The average molecular weight is 208 g/mol. The molecule has 1 rings (SSSR count). The van der Waals surface area contributed by atoms with Crippen molar-refractivity contribution in [1.29, 1.82) is 0 Å². The van der Waals surface area contributed by atoms with E-state index in [1.54, 1.807) is 6.08 Å². The van der Waals surface area contributed by atoms with Crippen molar-refractivity contribution in [2.24, 2.45) is 0 Å². The van der Waals surface area contributed by atoms with Crippen molar-refractivity contribution in [3.63, 3.8) is 0 Å². The van der Waals surface area contributed by atoms with Gasteiger partial charge in [0.25, 0.3) is 0 Å². The normalized spacial score (nSPS) is 10.1. The van der Waals surface area contributed by atoms with Crippen LogP contribution in [0, 0.1) is 0 Å². The molecule has 60 valence electrons. The first-order chi connectivity index (χ1) is 5.29. The molecule has 12 heavy (non-hydrogen) atoms. The molecular weight excluding hydrogens is 199 g/mol. The molecule has 0 amide bonds. The zero-order valence-electron chi connectivity index (χ0n) is 5.81. The number of thiol groups is 1.